The minimum Gasteiger partial charge on any atom is -0.492 e. The van der Waals surface area contributed by atoms with E-state index in [-0.39, 0.29) is 10.9 Å². The smallest absolute Gasteiger partial charge is 0.252 e. The van der Waals surface area contributed by atoms with Gasteiger partial charge in [0.25, 0.3) is 5.91 Å². The maximum Gasteiger partial charge on any atom is 0.252 e. The number of pyridine rings is 1. The molecule has 142 valence electrons. The number of aromatic nitrogens is 1. The molecule has 0 aliphatic carbocycles. The van der Waals surface area contributed by atoms with Gasteiger partial charge in [-0.25, -0.2) is 0 Å². The van der Waals surface area contributed by atoms with Crippen LogP contribution in [0.25, 0.3) is 11.1 Å². The van der Waals surface area contributed by atoms with Crippen LogP contribution in [0.1, 0.15) is 15.9 Å². The summed E-state index contributed by atoms with van der Waals surface area (Å²) in [5, 5.41) is 11.6. The Morgan fingerprint density at radius 2 is 1.75 bits per heavy atom. The average Bonchev–Trinajstić information content (AvgIpc) is 2.77. The minimum atomic E-state index is -0.205. The van der Waals surface area contributed by atoms with Crippen molar-refractivity contribution in [2.24, 2.45) is 0 Å². The molecule has 0 aliphatic heterocycles. The molecule has 28 heavy (non-hydrogen) atoms. The lowest BCUT2D eigenvalue weighted by Crippen LogP contribution is -2.28. The fraction of sp³-hybridized carbons (Fsp3) is 0.0952. The summed E-state index contributed by atoms with van der Waals surface area (Å²) < 4.78 is 5.60. The van der Waals surface area contributed by atoms with Gasteiger partial charge in [-0.1, -0.05) is 42.5 Å². The Morgan fingerprint density at radius 1 is 1.00 bits per heavy atom. The van der Waals surface area contributed by atoms with Crippen LogP contribution >= 0.6 is 12.2 Å². The third-order valence-electron chi connectivity index (χ3n) is 3.98. The lowest BCUT2D eigenvalue weighted by atomic mass is 10.1. The number of carbonyl (C=O) groups is 1. The van der Waals surface area contributed by atoms with Gasteiger partial charge in [0.05, 0.1) is 12.1 Å². The Bertz CT molecular complexity index is 947. The quantitative estimate of drug-likeness (QED) is 0.325. The molecule has 7 heteroatoms. The van der Waals surface area contributed by atoms with Crippen LogP contribution in [0, 0.1) is 0 Å². The maximum absolute atomic E-state index is 12.3. The van der Waals surface area contributed by atoms with E-state index >= 15 is 0 Å². The van der Waals surface area contributed by atoms with Crippen LogP contribution in [-0.4, -0.2) is 34.2 Å². The van der Waals surface area contributed by atoms with Crippen molar-refractivity contribution < 1.29 is 14.7 Å². The Morgan fingerprint density at radius 3 is 2.46 bits per heavy atom. The molecule has 0 unspecified atom stereocenters. The SMILES string of the molecule is O=C(NCCOc1ccc(C(=S)NO)cc1)c1cncc(-c2ccccc2)c1. The number of nitrogens with zero attached hydrogens (tertiary/aromatic N) is 1. The van der Waals surface area contributed by atoms with Gasteiger partial charge in [-0.3, -0.25) is 20.5 Å². The summed E-state index contributed by atoms with van der Waals surface area (Å²) in [5.74, 6) is 0.440. The van der Waals surface area contributed by atoms with E-state index in [1.807, 2.05) is 41.9 Å². The highest BCUT2D eigenvalue weighted by Crippen LogP contribution is 2.18. The molecule has 3 rings (SSSR count). The Hall–Kier alpha value is -3.29. The molecule has 0 bridgehead atoms. The molecule has 0 fully saturated rings. The van der Waals surface area contributed by atoms with Gasteiger partial charge in [0.15, 0.2) is 0 Å². The van der Waals surface area contributed by atoms with Crippen molar-refractivity contribution in [3.8, 4) is 16.9 Å². The second kappa shape index (κ2) is 9.59. The molecule has 1 amide bonds. The highest BCUT2D eigenvalue weighted by atomic mass is 32.1. The van der Waals surface area contributed by atoms with Gasteiger partial charge in [0, 0.05) is 23.5 Å². The third kappa shape index (κ3) is 5.12. The van der Waals surface area contributed by atoms with E-state index in [4.69, 9.17) is 22.2 Å². The predicted molar refractivity (Wildman–Crippen MR) is 111 cm³/mol. The molecule has 0 radical (unpaired) electrons. The molecule has 2 aromatic carbocycles. The van der Waals surface area contributed by atoms with Gasteiger partial charge in [0.2, 0.25) is 0 Å². The van der Waals surface area contributed by atoms with Gasteiger partial charge >= 0.3 is 0 Å². The molecule has 0 spiro atoms. The summed E-state index contributed by atoms with van der Waals surface area (Å²) in [6, 6.07) is 18.6. The normalized spacial score (nSPS) is 10.2. The molecule has 1 aromatic heterocycles. The van der Waals surface area contributed by atoms with Crippen molar-refractivity contribution in [3.05, 3.63) is 84.2 Å². The fourth-order valence-corrected chi connectivity index (χ4v) is 2.69. The topological polar surface area (TPSA) is 83.5 Å². The first-order valence-corrected chi connectivity index (χ1v) is 9.04. The second-order valence-corrected chi connectivity index (χ2v) is 6.31. The number of rotatable bonds is 7. The number of hydrogen-bond acceptors (Lipinski definition) is 5. The highest BCUT2D eigenvalue weighted by Gasteiger charge is 2.08. The van der Waals surface area contributed by atoms with Crippen LogP contribution in [-0.2, 0) is 0 Å². The van der Waals surface area contributed by atoms with E-state index in [1.54, 1.807) is 36.7 Å². The summed E-state index contributed by atoms with van der Waals surface area (Å²) in [7, 11) is 0. The average molecular weight is 393 g/mol. The van der Waals surface area contributed by atoms with E-state index in [1.165, 1.54) is 0 Å². The number of nitrogens with one attached hydrogen (secondary N) is 2. The fourth-order valence-electron chi connectivity index (χ4n) is 2.56. The van der Waals surface area contributed by atoms with Crippen LogP contribution in [0.15, 0.2) is 73.1 Å². The summed E-state index contributed by atoms with van der Waals surface area (Å²) in [6.07, 6.45) is 3.27. The number of benzene rings is 2. The standard InChI is InChI=1S/C21H19N3O3S/c25-20(18-12-17(13-22-14-18)15-4-2-1-3-5-15)23-10-11-27-19-8-6-16(7-9-19)21(28)24-26/h1-9,12-14,26H,10-11H2,(H,23,25)(H,24,28). The van der Waals surface area contributed by atoms with Gasteiger partial charge in [-0.15, -0.1) is 0 Å². The van der Waals surface area contributed by atoms with Crippen LogP contribution in [0.2, 0.25) is 0 Å². The first-order chi connectivity index (χ1) is 13.7. The van der Waals surface area contributed by atoms with Crippen molar-refractivity contribution in [2.75, 3.05) is 13.2 Å². The van der Waals surface area contributed by atoms with E-state index < -0.39 is 0 Å². The number of hydroxylamine groups is 1. The Kier molecular flexibility index (Phi) is 6.67. The maximum atomic E-state index is 12.3. The molecule has 1 heterocycles. The largest absolute Gasteiger partial charge is 0.492 e. The van der Waals surface area contributed by atoms with Crippen molar-refractivity contribution in [1.82, 2.24) is 15.8 Å². The summed E-state index contributed by atoms with van der Waals surface area (Å²) >= 11 is 4.93. The predicted octanol–water partition coefficient (Wildman–Crippen LogP) is 3.21. The molecule has 3 N–H and O–H groups in total. The lowest BCUT2D eigenvalue weighted by Gasteiger charge is -2.09. The zero-order chi connectivity index (χ0) is 19.8. The molecule has 0 saturated heterocycles. The molecule has 0 saturated carbocycles. The molecule has 0 aliphatic rings. The molecular weight excluding hydrogens is 374 g/mol. The summed E-state index contributed by atoms with van der Waals surface area (Å²) in [4.78, 5) is 16.7. The van der Waals surface area contributed by atoms with E-state index in [2.05, 4.69) is 10.3 Å². The van der Waals surface area contributed by atoms with Gasteiger partial charge in [-0.05, 0) is 35.9 Å². The van der Waals surface area contributed by atoms with Crippen molar-refractivity contribution in [2.45, 2.75) is 0 Å². The first kappa shape index (κ1) is 19.5. The van der Waals surface area contributed by atoms with Crippen LogP contribution in [0.5, 0.6) is 5.75 Å². The lowest BCUT2D eigenvalue weighted by molar-refractivity contribution is 0.0946. The molecule has 0 atom stereocenters. The third-order valence-corrected chi connectivity index (χ3v) is 4.31. The van der Waals surface area contributed by atoms with Crippen LogP contribution in [0.3, 0.4) is 0 Å². The summed E-state index contributed by atoms with van der Waals surface area (Å²) in [6.45, 7) is 0.673. The number of carbonyl (C=O) groups excluding carboxylic acids is 1. The number of thiocarbonyl (C=S) groups is 1. The number of ether oxygens (including phenoxy) is 1. The van der Waals surface area contributed by atoms with E-state index in [0.717, 1.165) is 11.1 Å². The van der Waals surface area contributed by atoms with Crippen molar-refractivity contribution >= 4 is 23.1 Å². The summed E-state index contributed by atoms with van der Waals surface area (Å²) in [5.41, 5.74) is 5.01. The molecule has 6 nitrogen and oxygen atoms in total. The number of amides is 1. The molecular formula is C21H19N3O3S. The monoisotopic (exact) mass is 393 g/mol. The van der Waals surface area contributed by atoms with Crippen molar-refractivity contribution in [3.63, 3.8) is 0 Å². The zero-order valence-electron chi connectivity index (χ0n) is 15.0. The second-order valence-electron chi connectivity index (χ2n) is 5.90. The van der Waals surface area contributed by atoms with E-state index in [9.17, 15) is 4.79 Å². The Balaban J connectivity index is 1.50. The zero-order valence-corrected chi connectivity index (χ0v) is 15.8. The van der Waals surface area contributed by atoms with Crippen LogP contribution in [0.4, 0.5) is 0 Å². The van der Waals surface area contributed by atoms with E-state index in [0.29, 0.717) is 30.0 Å². The Labute approximate surface area is 168 Å². The minimum absolute atomic E-state index is 0.205. The highest BCUT2D eigenvalue weighted by molar-refractivity contribution is 7.80. The van der Waals surface area contributed by atoms with Gasteiger partial charge in [0.1, 0.15) is 17.3 Å². The van der Waals surface area contributed by atoms with Gasteiger partial charge in [-0.2, -0.15) is 0 Å². The number of hydrogen-bond donors (Lipinski definition) is 3. The van der Waals surface area contributed by atoms with Gasteiger partial charge < -0.3 is 10.1 Å². The van der Waals surface area contributed by atoms with Crippen molar-refractivity contribution in [1.29, 1.82) is 0 Å². The van der Waals surface area contributed by atoms with Crippen LogP contribution < -0.4 is 15.5 Å². The molecule has 3 aromatic rings. The first-order valence-electron chi connectivity index (χ1n) is 8.63.